The molecule has 0 aliphatic rings. The summed E-state index contributed by atoms with van der Waals surface area (Å²) in [7, 11) is 0. The summed E-state index contributed by atoms with van der Waals surface area (Å²) in [6.07, 6.45) is 3.40. The van der Waals surface area contributed by atoms with Crippen LogP contribution in [0.3, 0.4) is 0 Å². The minimum atomic E-state index is 0.639. The standard InChI is InChI=1S/C10H9N3S/c1-2-8-7(11)3-4-9(13-8)10-12-5-6-14-10/h2-6H,1,11H2. The Balaban J connectivity index is 2.51. The summed E-state index contributed by atoms with van der Waals surface area (Å²) >= 11 is 1.55. The number of aromatic nitrogens is 2. The predicted octanol–water partition coefficient (Wildman–Crippen LogP) is 2.43. The Kier molecular flexibility index (Phi) is 2.28. The molecule has 3 nitrogen and oxygen atoms in total. The van der Waals surface area contributed by atoms with Gasteiger partial charge in [-0.25, -0.2) is 9.97 Å². The first kappa shape index (κ1) is 8.90. The van der Waals surface area contributed by atoms with Crippen LogP contribution in [0.25, 0.3) is 16.8 Å². The lowest BCUT2D eigenvalue weighted by molar-refractivity contribution is 1.27. The predicted molar refractivity (Wildman–Crippen MR) is 59.8 cm³/mol. The quantitative estimate of drug-likeness (QED) is 0.815. The van der Waals surface area contributed by atoms with Gasteiger partial charge in [-0.2, -0.15) is 0 Å². The summed E-state index contributed by atoms with van der Waals surface area (Å²) in [5, 5.41) is 2.81. The second-order valence-corrected chi connectivity index (χ2v) is 3.61. The van der Waals surface area contributed by atoms with E-state index in [4.69, 9.17) is 5.73 Å². The van der Waals surface area contributed by atoms with Gasteiger partial charge in [0.05, 0.1) is 17.1 Å². The third-order valence-electron chi connectivity index (χ3n) is 1.80. The molecule has 0 aromatic carbocycles. The Morgan fingerprint density at radius 1 is 1.43 bits per heavy atom. The van der Waals surface area contributed by atoms with Crippen LogP contribution in [0.1, 0.15) is 5.69 Å². The molecule has 2 aromatic rings. The van der Waals surface area contributed by atoms with Gasteiger partial charge in [0.2, 0.25) is 0 Å². The van der Waals surface area contributed by atoms with E-state index in [1.165, 1.54) is 0 Å². The van der Waals surface area contributed by atoms with E-state index in [9.17, 15) is 0 Å². The largest absolute Gasteiger partial charge is 0.397 e. The molecule has 2 aromatic heterocycles. The first-order valence-electron chi connectivity index (χ1n) is 4.10. The zero-order chi connectivity index (χ0) is 9.97. The fraction of sp³-hybridized carbons (Fsp3) is 0. The Hall–Kier alpha value is -1.68. The summed E-state index contributed by atoms with van der Waals surface area (Å²) in [4.78, 5) is 8.51. The van der Waals surface area contributed by atoms with Crippen LogP contribution in [0.4, 0.5) is 5.69 Å². The van der Waals surface area contributed by atoms with Gasteiger partial charge in [0.25, 0.3) is 0 Å². The molecule has 0 saturated heterocycles. The second kappa shape index (κ2) is 3.59. The Morgan fingerprint density at radius 2 is 2.29 bits per heavy atom. The highest BCUT2D eigenvalue weighted by Crippen LogP contribution is 2.22. The highest BCUT2D eigenvalue weighted by atomic mass is 32.1. The number of pyridine rings is 1. The van der Waals surface area contributed by atoms with E-state index < -0.39 is 0 Å². The summed E-state index contributed by atoms with van der Waals surface area (Å²) in [5.41, 5.74) is 7.89. The van der Waals surface area contributed by atoms with Crippen molar-refractivity contribution in [3.63, 3.8) is 0 Å². The average Bonchev–Trinajstić information content (AvgIpc) is 2.71. The molecule has 14 heavy (non-hydrogen) atoms. The van der Waals surface area contributed by atoms with Crippen molar-refractivity contribution in [1.29, 1.82) is 0 Å². The Bertz CT molecular complexity index is 448. The molecule has 0 aliphatic heterocycles. The molecule has 0 saturated carbocycles. The van der Waals surface area contributed by atoms with Crippen molar-refractivity contribution in [2.75, 3.05) is 5.73 Å². The van der Waals surface area contributed by atoms with Gasteiger partial charge >= 0.3 is 0 Å². The molecular weight excluding hydrogens is 194 g/mol. The van der Waals surface area contributed by atoms with Crippen LogP contribution < -0.4 is 5.73 Å². The monoisotopic (exact) mass is 203 g/mol. The van der Waals surface area contributed by atoms with Crippen molar-refractivity contribution in [2.45, 2.75) is 0 Å². The van der Waals surface area contributed by atoms with Crippen LogP contribution in [0.2, 0.25) is 0 Å². The minimum absolute atomic E-state index is 0.639. The molecule has 4 heteroatoms. The third-order valence-corrected chi connectivity index (χ3v) is 2.60. The fourth-order valence-electron chi connectivity index (χ4n) is 1.12. The summed E-state index contributed by atoms with van der Waals surface area (Å²) in [6, 6.07) is 3.68. The van der Waals surface area contributed by atoms with E-state index in [0.717, 1.165) is 10.7 Å². The van der Waals surface area contributed by atoms with Gasteiger partial charge in [0, 0.05) is 11.6 Å². The van der Waals surface area contributed by atoms with Gasteiger partial charge in [-0.3, -0.25) is 0 Å². The summed E-state index contributed by atoms with van der Waals surface area (Å²) in [6.45, 7) is 3.65. The van der Waals surface area contributed by atoms with Crippen LogP contribution in [-0.4, -0.2) is 9.97 Å². The number of hydrogen-bond donors (Lipinski definition) is 1. The van der Waals surface area contributed by atoms with Crippen molar-refractivity contribution in [2.24, 2.45) is 0 Å². The second-order valence-electron chi connectivity index (χ2n) is 2.71. The van der Waals surface area contributed by atoms with E-state index in [2.05, 4.69) is 16.5 Å². The number of hydrogen-bond acceptors (Lipinski definition) is 4. The van der Waals surface area contributed by atoms with E-state index in [1.807, 2.05) is 17.5 Å². The van der Waals surface area contributed by atoms with Crippen LogP contribution in [0.5, 0.6) is 0 Å². The van der Waals surface area contributed by atoms with Gasteiger partial charge in [0.1, 0.15) is 5.01 Å². The van der Waals surface area contributed by atoms with Crippen molar-refractivity contribution in [3.8, 4) is 10.7 Å². The van der Waals surface area contributed by atoms with Gasteiger partial charge in [0.15, 0.2) is 0 Å². The lowest BCUT2D eigenvalue weighted by Crippen LogP contribution is -1.93. The van der Waals surface area contributed by atoms with E-state index in [0.29, 0.717) is 11.4 Å². The number of nitrogens with zero attached hydrogens (tertiary/aromatic N) is 2. The molecule has 0 amide bonds. The molecular formula is C10H9N3S. The smallest absolute Gasteiger partial charge is 0.141 e. The van der Waals surface area contributed by atoms with E-state index in [1.54, 1.807) is 23.6 Å². The van der Waals surface area contributed by atoms with Gasteiger partial charge in [-0.1, -0.05) is 6.58 Å². The number of nitrogen functional groups attached to an aromatic ring is 1. The zero-order valence-electron chi connectivity index (χ0n) is 7.47. The SMILES string of the molecule is C=Cc1nc(-c2nccs2)ccc1N. The van der Waals surface area contributed by atoms with Gasteiger partial charge < -0.3 is 5.73 Å². The molecule has 2 rings (SSSR count). The highest BCUT2D eigenvalue weighted by Gasteiger charge is 2.04. The maximum absolute atomic E-state index is 5.70. The fourth-order valence-corrected chi connectivity index (χ4v) is 1.72. The van der Waals surface area contributed by atoms with Gasteiger partial charge in [-0.15, -0.1) is 11.3 Å². The van der Waals surface area contributed by atoms with Crippen molar-refractivity contribution in [1.82, 2.24) is 9.97 Å². The Labute approximate surface area is 85.9 Å². The molecule has 0 spiro atoms. The van der Waals surface area contributed by atoms with Crippen molar-refractivity contribution >= 4 is 23.1 Å². The van der Waals surface area contributed by atoms with Crippen LogP contribution >= 0.6 is 11.3 Å². The van der Waals surface area contributed by atoms with Crippen LogP contribution in [0, 0.1) is 0 Å². The zero-order valence-corrected chi connectivity index (χ0v) is 8.29. The minimum Gasteiger partial charge on any atom is -0.397 e. The molecule has 70 valence electrons. The molecule has 0 bridgehead atoms. The molecule has 0 radical (unpaired) electrons. The normalized spacial score (nSPS) is 10.0. The third kappa shape index (κ3) is 1.52. The first-order valence-corrected chi connectivity index (χ1v) is 4.98. The van der Waals surface area contributed by atoms with E-state index >= 15 is 0 Å². The number of anilines is 1. The lowest BCUT2D eigenvalue weighted by atomic mass is 10.2. The molecule has 2 heterocycles. The molecule has 0 fully saturated rings. The maximum Gasteiger partial charge on any atom is 0.141 e. The summed E-state index contributed by atoms with van der Waals surface area (Å²) in [5.74, 6) is 0. The van der Waals surface area contributed by atoms with Crippen LogP contribution in [0.15, 0.2) is 30.3 Å². The van der Waals surface area contributed by atoms with E-state index in [-0.39, 0.29) is 0 Å². The average molecular weight is 203 g/mol. The number of nitrogens with two attached hydrogens (primary N) is 1. The van der Waals surface area contributed by atoms with Crippen molar-refractivity contribution in [3.05, 3.63) is 36.0 Å². The number of rotatable bonds is 2. The van der Waals surface area contributed by atoms with Crippen LogP contribution in [-0.2, 0) is 0 Å². The molecule has 0 aliphatic carbocycles. The molecule has 2 N–H and O–H groups in total. The molecule has 0 unspecified atom stereocenters. The van der Waals surface area contributed by atoms with Crippen molar-refractivity contribution < 1.29 is 0 Å². The molecule has 0 atom stereocenters. The Morgan fingerprint density at radius 3 is 2.93 bits per heavy atom. The maximum atomic E-state index is 5.70. The summed E-state index contributed by atoms with van der Waals surface area (Å²) < 4.78 is 0. The highest BCUT2D eigenvalue weighted by molar-refractivity contribution is 7.13. The first-order chi connectivity index (χ1) is 6.81. The topological polar surface area (TPSA) is 51.8 Å². The number of thiazole rings is 1. The lowest BCUT2D eigenvalue weighted by Gasteiger charge is -2.01. The van der Waals surface area contributed by atoms with Gasteiger partial charge in [-0.05, 0) is 18.2 Å².